The van der Waals surface area contributed by atoms with Crippen LogP contribution >= 0.6 is 0 Å². The Labute approximate surface area is 363 Å². The number of esters is 1. The van der Waals surface area contributed by atoms with Gasteiger partial charge in [-0.15, -0.1) is 0 Å². The second-order valence-electron chi connectivity index (χ2n) is 20.9. The Kier molecular flexibility index (Phi) is 12.6. The van der Waals surface area contributed by atoms with Gasteiger partial charge in [0.25, 0.3) is 0 Å². The van der Waals surface area contributed by atoms with Crippen molar-refractivity contribution in [3.05, 3.63) is 11.6 Å². The molecule has 0 aromatic rings. The van der Waals surface area contributed by atoms with Crippen LogP contribution in [0.25, 0.3) is 0 Å². The van der Waals surface area contributed by atoms with E-state index >= 15 is 0 Å². The van der Waals surface area contributed by atoms with Crippen molar-refractivity contribution >= 4 is 26.8 Å². The van der Waals surface area contributed by atoms with E-state index in [0.717, 1.165) is 18.4 Å². The molecule has 7 aliphatic rings. The number of hydrogen-bond acceptors (Lipinski definition) is 17. The molecule has 0 bridgehead atoms. The lowest BCUT2D eigenvalue weighted by atomic mass is 9.33. The van der Waals surface area contributed by atoms with E-state index in [9.17, 15) is 61.4 Å². The molecule has 5 aliphatic carbocycles. The second kappa shape index (κ2) is 16.1. The van der Waals surface area contributed by atoms with Gasteiger partial charge in [-0.3, -0.25) is 13.9 Å². The molecule has 21 heteroatoms. The summed E-state index contributed by atoms with van der Waals surface area (Å²) in [5, 5.41) is 65.2. The van der Waals surface area contributed by atoms with Gasteiger partial charge >= 0.3 is 26.8 Å². The zero-order valence-electron chi connectivity index (χ0n) is 36.3. The predicted octanol–water partition coefficient (Wildman–Crippen LogP) is 1.58. The minimum Gasteiger partial charge on any atom is -0.432 e. The van der Waals surface area contributed by atoms with Gasteiger partial charge in [0.1, 0.15) is 42.7 Å². The quantitative estimate of drug-likeness (QED) is 0.0705. The Hall–Kier alpha value is -1.41. The van der Waals surface area contributed by atoms with E-state index in [1.165, 1.54) is 0 Å². The average molecular weight is 927 g/mol. The summed E-state index contributed by atoms with van der Waals surface area (Å²) in [7, 11) is -10.4. The van der Waals surface area contributed by atoms with E-state index in [1.807, 2.05) is 6.92 Å². The van der Waals surface area contributed by atoms with Crippen molar-refractivity contribution in [2.24, 2.45) is 50.7 Å². The van der Waals surface area contributed by atoms with Gasteiger partial charge in [-0.2, -0.15) is 16.8 Å². The summed E-state index contributed by atoms with van der Waals surface area (Å²) < 4.78 is 97.6. The number of aliphatic hydroxyl groups is 6. The molecule has 0 aromatic carbocycles. The molecular formula is C41H66O19S2. The van der Waals surface area contributed by atoms with Crippen molar-refractivity contribution in [2.45, 2.75) is 173 Å². The van der Waals surface area contributed by atoms with Crippen LogP contribution in [0.4, 0.5) is 0 Å². The Bertz CT molecular complexity index is 1970. The van der Waals surface area contributed by atoms with Crippen LogP contribution in [0.1, 0.15) is 106 Å². The van der Waals surface area contributed by atoms with Crippen LogP contribution in [0.3, 0.4) is 0 Å². The molecule has 2 heterocycles. The molecule has 356 valence electrons. The summed E-state index contributed by atoms with van der Waals surface area (Å²) >= 11 is 0. The number of carbonyl (C=O) groups excluding carboxylic acids is 1. The first-order valence-corrected chi connectivity index (χ1v) is 24.4. The molecule has 0 aromatic heterocycles. The van der Waals surface area contributed by atoms with Crippen LogP contribution in [0, 0.1) is 50.7 Å². The predicted molar refractivity (Wildman–Crippen MR) is 214 cm³/mol. The van der Waals surface area contributed by atoms with Gasteiger partial charge in [-0.1, -0.05) is 53.2 Å². The fourth-order valence-electron chi connectivity index (χ4n) is 14.0. The number of hydrogen-bond donors (Lipinski definition) is 8. The van der Waals surface area contributed by atoms with Crippen molar-refractivity contribution in [1.29, 1.82) is 0 Å². The zero-order chi connectivity index (χ0) is 46.0. The molecule has 19 atom stereocenters. The lowest BCUT2D eigenvalue weighted by molar-refractivity contribution is -0.304. The SMILES string of the molecule is C[C@@H]1CC[C@]2(C(=O)O[C@@H]3O[C@H](CO)[C@@H](O)[C@H](O)[C@H]3O)CC[C@]3(C)C(=CC[C@@H]4[C@@]5(C)CC[C@H](O[C@@H]6OC[C@@H](OS(=O)(=O)O)[C@H](OS(=O)(=O)O)[C@H]6O)C(C)(C)[C@@H]5CC[C@]43C)[C@@H]2[C@]1(C)O. The highest BCUT2D eigenvalue weighted by molar-refractivity contribution is 7.81. The molecule has 2 saturated heterocycles. The second-order valence-corrected chi connectivity index (χ2v) is 23.0. The van der Waals surface area contributed by atoms with Gasteiger partial charge < -0.3 is 49.6 Å². The largest absolute Gasteiger partial charge is 0.432 e. The number of ether oxygens (including phenoxy) is 4. The fraction of sp³-hybridized carbons (Fsp3) is 0.927. The molecule has 62 heavy (non-hydrogen) atoms. The van der Waals surface area contributed by atoms with Crippen LogP contribution in [0.15, 0.2) is 11.6 Å². The smallest absolute Gasteiger partial charge is 0.397 e. The third-order valence-electron chi connectivity index (χ3n) is 17.7. The van der Waals surface area contributed by atoms with Crippen molar-refractivity contribution in [2.75, 3.05) is 13.2 Å². The monoisotopic (exact) mass is 926 g/mol. The number of fused-ring (bicyclic) bond motifs is 7. The molecule has 6 fully saturated rings. The first kappa shape index (κ1) is 48.5. The van der Waals surface area contributed by atoms with E-state index in [-0.39, 0.29) is 28.6 Å². The number of rotatable bonds is 9. The van der Waals surface area contributed by atoms with Gasteiger partial charge in [0, 0.05) is 5.92 Å². The Balaban J connectivity index is 1.15. The first-order chi connectivity index (χ1) is 28.5. The van der Waals surface area contributed by atoms with Crippen molar-refractivity contribution in [3.8, 4) is 0 Å². The summed E-state index contributed by atoms with van der Waals surface area (Å²) in [6.07, 6.45) is -8.32. The minimum atomic E-state index is -5.22. The van der Waals surface area contributed by atoms with Gasteiger partial charge in [-0.05, 0) is 104 Å². The van der Waals surface area contributed by atoms with Crippen LogP contribution < -0.4 is 0 Å². The third kappa shape index (κ3) is 7.73. The lowest BCUT2D eigenvalue weighted by Crippen LogP contribution is -2.68. The topological polar surface area (TPSA) is 303 Å². The van der Waals surface area contributed by atoms with E-state index in [2.05, 4.69) is 49.1 Å². The van der Waals surface area contributed by atoms with Gasteiger partial charge in [0.15, 0.2) is 6.29 Å². The van der Waals surface area contributed by atoms with Crippen LogP contribution in [0.2, 0.25) is 0 Å². The molecule has 7 rings (SSSR count). The third-order valence-corrected chi connectivity index (χ3v) is 18.6. The van der Waals surface area contributed by atoms with Gasteiger partial charge in [-0.25, -0.2) is 8.37 Å². The summed E-state index contributed by atoms with van der Waals surface area (Å²) in [6, 6.07) is 0. The molecule has 2 aliphatic heterocycles. The van der Waals surface area contributed by atoms with E-state index in [1.54, 1.807) is 6.92 Å². The van der Waals surface area contributed by atoms with Crippen LogP contribution in [0.5, 0.6) is 0 Å². The molecule has 0 radical (unpaired) electrons. The summed E-state index contributed by atoms with van der Waals surface area (Å²) in [5.41, 5.74) is -3.11. The maximum Gasteiger partial charge on any atom is 0.397 e. The molecule has 19 nitrogen and oxygen atoms in total. The van der Waals surface area contributed by atoms with E-state index in [4.69, 9.17) is 18.9 Å². The highest BCUT2D eigenvalue weighted by atomic mass is 32.3. The normalized spacial score (nSPS) is 50.5. The molecule has 0 spiro atoms. The summed E-state index contributed by atoms with van der Waals surface area (Å²) in [5.74, 6) is -1.29. The highest BCUT2D eigenvalue weighted by Crippen LogP contribution is 2.76. The molecule has 0 unspecified atom stereocenters. The number of allylic oxidation sites excluding steroid dienone is 1. The maximum absolute atomic E-state index is 14.7. The van der Waals surface area contributed by atoms with Gasteiger partial charge in [0.05, 0.1) is 30.3 Å². The maximum atomic E-state index is 14.7. The van der Waals surface area contributed by atoms with E-state index < -0.39 is 129 Å². The Morgan fingerprint density at radius 1 is 0.806 bits per heavy atom. The molecule has 4 saturated carbocycles. The summed E-state index contributed by atoms with van der Waals surface area (Å²) in [6.45, 7) is 13.5. The minimum absolute atomic E-state index is 0.0700. The fourth-order valence-corrected chi connectivity index (χ4v) is 15.0. The average Bonchev–Trinajstić information content (AvgIpc) is 3.16. The van der Waals surface area contributed by atoms with Crippen molar-refractivity contribution in [3.63, 3.8) is 0 Å². The van der Waals surface area contributed by atoms with Gasteiger partial charge in [0.2, 0.25) is 6.29 Å². The van der Waals surface area contributed by atoms with Crippen LogP contribution in [-0.4, -0.2) is 143 Å². The van der Waals surface area contributed by atoms with Crippen molar-refractivity contribution < 1.29 is 88.7 Å². The van der Waals surface area contributed by atoms with Crippen LogP contribution in [-0.2, 0) is 52.9 Å². The molecule has 0 amide bonds. The standard InChI is InChI=1S/C41H66O19S2/c1-20-10-15-41(35(47)58-34-29(45)28(44)27(43)22(18-42)56-34)17-16-38(5)21(32(41)40(20,7)48)8-9-25-37(4)13-12-26(36(2,3)24(37)11-14-39(25,38)6)57-33-30(46)31(60-62(52,53)54)23(19-55-33)59-61(49,50)51/h8,20,22-34,42-46,48H,9-19H2,1-7H3,(H,49,50,51)(H,52,53,54)/t20-,22-,23-,24+,25-,26+,27-,28+,29-,30-,31+,32-,33+,34+,37+,38-,39-,40-,41+/m1/s1. The highest BCUT2D eigenvalue weighted by Gasteiger charge is 2.72. The molecule has 8 N–H and O–H groups in total. The van der Waals surface area contributed by atoms with Crippen molar-refractivity contribution in [1.82, 2.24) is 0 Å². The lowest BCUT2D eigenvalue weighted by Gasteiger charge is -2.72. The van der Waals surface area contributed by atoms with E-state index in [0.29, 0.717) is 44.9 Å². The Morgan fingerprint density at radius 2 is 1.47 bits per heavy atom. The molecular weight excluding hydrogens is 861 g/mol. The summed E-state index contributed by atoms with van der Waals surface area (Å²) in [4.78, 5) is 14.7. The number of carbonyl (C=O) groups is 1. The number of aliphatic hydroxyl groups excluding tert-OH is 5. The zero-order valence-corrected chi connectivity index (χ0v) is 38.0. The Morgan fingerprint density at radius 3 is 2.10 bits per heavy atom. The first-order valence-electron chi connectivity index (χ1n) is 21.7.